The highest BCUT2D eigenvalue weighted by Gasteiger charge is 2.32. The Kier molecular flexibility index (Phi) is 7.04. The van der Waals surface area contributed by atoms with E-state index >= 15 is 0 Å². The van der Waals surface area contributed by atoms with E-state index in [1.54, 1.807) is 31.2 Å². The van der Waals surface area contributed by atoms with Crippen LogP contribution >= 0.6 is 0 Å². The van der Waals surface area contributed by atoms with Crippen LogP contribution in [0.2, 0.25) is 0 Å². The summed E-state index contributed by atoms with van der Waals surface area (Å²) >= 11 is 0. The quantitative estimate of drug-likeness (QED) is 0.473. The molecule has 0 saturated heterocycles. The van der Waals surface area contributed by atoms with Crippen molar-refractivity contribution in [3.05, 3.63) is 89.0 Å². The molecule has 0 bridgehead atoms. The first kappa shape index (κ1) is 23.5. The Hall–Kier alpha value is -3.12. The van der Waals surface area contributed by atoms with Crippen LogP contribution in [0.4, 0.5) is 5.69 Å². The zero-order chi connectivity index (χ0) is 23.5. The van der Waals surface area contributed by atoms with Crippen LogP contribution in [0.3, 0.4) is 0 Å². The van der Waals surface area contributed by atoms with E-state index in [9.17, 15) is 13.2 Å². The molecule has 0 aliphatic rings. The van der Waals surface area contributed by atoms with Gasteiger partial charge in [-0.25, -0.2) is 8.42 Å². The van der Waals surface area contributed by atoms with E-state index in [2.05, 4.69) is 0 Å². The van der Waals surface area contributed by atoms with Crippen molar-refractivity contribution >= 4 is 21.6 Å². The maximum absolute atomic E-state index is 13.5. The molecule has 0 spiro atoms. The average molecular weight is 452 g/mol. The van der Waals surface area contributed by atoms with E-state index in [1.165, 1.54) is 12.1 Å². The van der Waals surface area contributed by atoms with E-state index in [4.69, 9.17) is 4.74 Å². The maximum atomic E-state index is 13.5. The summed E-state index contributed by atoms with van der Waals surface area (Å²) in [6.07, 6.45) is 0. The lowest BCUT2D eigenvalue weighted by atomic mass is 10.0. The highest BCUT2D eigenvalue weighted by Crippen LogP contribution is 2.30. The molecule has 3 rings (SSSR count). The van der Waals surface area contributed by atoms with Crippen LogP contribution < -0.4 is 9.04 Å². The van der Waals surface area contributed by atoms with Crippen molar-refractivity contribution in [3.8, 4) is 5.75 Å². The van der Waals surface area contributed by atoms with Gasteiger partial charge in [0.25, 0.3) is 15.9 Å². The first-order chi connectivity index (χ1) is 15.1. The number of sulfonamides is 1. The molecule has 0 saturated carbocycles. The molecule has 0 aliphatic heterocycles. The van der Waals surface area contributed by atoms with Gasteiger partial charge in [0.2, 0.25) is 0 Å². The smallest absolute Gasteiger partial charge is 0.278 e. The summed E-state index contributed by atoms with van der Waals surface area (Å²) < 4.78 is 33.8. The van der Waals surface area contributed by atoms with Gasteiger partial charge in [0.05, 0.1) is 10.6 Å². The molecule has 3 aromatic carbocycles. The van der Waals surface area contributed by atoms with Gasteiger partial charge >= 0.3 is 0 Å². The summed E-state index contributed by atoms with van der Waals surface area (Å²) in [5.41, 5.74) is 3.83. The largest absolute Gasteiger partial charge is 0.483 e. The summed E-state index contributed by atoms with van der Waals surface area (Å²) in [5.74, 6) is 0.133. The van der Waals surface area contributed by atoms with Crippen LogP contribution in [0.1, 0.15) is 42.0 Å². The molecule has 0 radical (unpaired) electrons. The number of nitrogens with zero attached hydrogens (tertiary/aromatic N) is 1. The monoisotopic (exact) mass is 451 g/mol. The zero-order valence-electron chi connectivity index (χ0n) is 19.1. The first-order valence-electron chi connectivity index (χ1n) is 10.5. The van der Waals surface area contributed by atoms with Crippen molar-refractivity contribution in [2.24, 2.45) is 0 Å². The van der Waals surface area contributed by atoms with Gasteiger partial charge in [-0.1, -0.05) is 56.3 Å². The number of hydrogen-bond donors (Lipinski definition) is 0. The van der Waals surface area contributed by atoms with Gasteiger partial charge in [-0.15, -0.1) is 0 Å². The number of ether oxygens (including phenoxy) is 1. The second kappa shape index (κ2) is 9.57. The van der Waals surface area contributed by atoms with Crippen LogP contribution in [0.15, 0.2) is 71.6 Å². The predicted octanol–water partition coefficient (Wildman–Crippen LogP) is 5.54. The number of anilines is 1. The van der Waals surface area contributed by atoms with Gasteiger partial charge in [0, 0.05) is 0 Å². The summed E-state index contributed by atoms with van der Waals surface area (Å²) in [4.78, 5) is 13.4. The molecule has 5 nitrogen and oxygen atoms in total. The molecule has 0 heterocycles. The Bertz CT molecular complexity index is 1220. The highest BCUT2D eigenvalue weighted by molar-refractivity contribution is 7.93. The summed E-state index contributed by atoms with van der Waals surface area (Å²) in [5, 5.41) is 0. The highest BCUT2D eigenvalue weighted by atomic mass is 32.2. The molecule has 0 unspecified atom stereocenters. The minimum atomic E-state index is -4.13. The molecule has 0 aromatic heterocycles. The SMILES string of the molecule is Cc1ccc(C(C)C)c(OCC(=O)N(c2cc(C)ccc2C)S(=O)(=O)c2ccccc2)c1. The fraction of sp³-hybridized carbons (Fsp3) is 0.269. The fourth-order valence-electron chi connectivity index (χ4n) is 3.48. The number of benzene rings is 3. The van der Waals surface area contributed by atoms with Crippen molar-refractivity contribution in [1.29, 1.82) is 0 Å². The Morgan fingerprint density at radius 2 is 1.53 bits per heavy atom. The van der Waals surface area contributed by atoms with Gasteiger partial charge in [0.15, 0.2) is 6.61 Å². The Morgan fingerprint density at radius 3 is 2.19 bits per heavy atom. The third kappa shape index (κ3) is 5.02. The molecule has 3 aromatic rings. The molecule has 6 heteroatoms. The van der Waals surface area contributed by atoms with Crippen molar-refractivity contribution < 1.29 is 17.9 Å². The van der Waals surface area contributed by atoms with Crippen LogP contribution in [0, 0.1) is 20.8 Å². The lowest BCUT2D eigenvalue weighted by Crippen LogP contribution is -2.40. The third-order valence-corrected chi connectivity index (χ3v) is 6.98. The van der Waals surface area contributed by atoms with E-state index < -0.39 is 22.5 Å². The Balaban J connectivity index is 2.02. The van der Waals surface area contributed by atoms with Gasteiger partial charge in [-0.2, -0.15) is 4.31 Å². The molecule has 0 N–H and O–H groups in total. The third-order valence-electron chi connectivity index (χ3n) is 5.23. The summed E-state index contributed by atoms with van der Waals surface area (Å²) in [6.45, 7) is 9.28. The fourth-order valence-corrected chi connectivity index (χ4v) is 4.96. The minimum absolute atomic E-state index is 0.0488. The lowest BCUT2D eigenvalue weighted by Gasteiger charge is -2.25. The molecule has 0 aliphatic carbocycles. The molecular weight excluding hydrogens is 422 g/mol. The number of rotatable bonds is 7. The summed E-state index contributed by atoms with van der Waals surface area (Å²) in [7, 11) is -4.13. The predicted molar refractivity (Wildman–Crippen MR) is 128 cm³/mol. The average Bonchev–Trinajstić information content (AvgIpc) is 2.75. The summed E-state index contributed by atoms with van der Waals surface area (Å²) in [6, 6.07) is 19.2. The van der Waals surface area contributed by atoms with Crippen LogP contribution in [0.5, 0.6) is 5.75 Å². The second-order valence-electron chi connectivity index (χ2n) is 8.25. The normalized spacial score (nSPS) is 11.4. The van der Waals surface area contributed by atoms with Crippen molar-refractivity contribution in [1.82, 2.24) is 0 Å². The minimum Gasteiger partial charge on any atom is -0.483 e. The van der Waals surface area contributed by atoms with Crippen molar-refractivity contribution in [2.75, 3.05) is 10.9 Å². The van der Waals surface area contributed by atoms with Crippen LogP contribution in [0.25, 0.3) is 0 Å². The van der Waals surface area contributed by atoms with Crippen LogP contribution in [-0.4, -0.2) is 20.9 Å². The number of carbonyl (C=O) groups excluding carboxylic acids is 1. The van der Waals surface area contributed by atoms with E-state index in [1.807, 2.05) is 58.0 Å². The van der Waals surface area contributed by atoms with Gasteiger partial charge < -0.3 is 4.74 Å². The molecule has 1 amide bonds. The number of carbonyl (C=O) groups is 1. The first-order valence-corrected chi connectivity index (χ1v) is 12.0. The van der Waals surface area contributed by atoms with E-state index in [0.717, 1.165) is 21.0 Å². The van der Waals surface area contributed by atoms with Gasteiger partial charge in [-0.3, -0.25) is 4.79 Å². The standard InChI is InChI=1S/C26H29NO4S/c1-18(2)23-14-12-20(4)16-25(23)31-17-26(28)27(24-15-19(3)11-13-21(24)5)32(29,30)22-9-7-6-8-10-22/h6-16,18H,17H2,1-5H3. The molecule has 168 valence electrons. The Morgan fingerprint density at radius 1 is 0.906 bits per heavy atom. The molecule has 0 atom stereocenters. The maximum Gasteiger partial charge on any atom is 0.278 e. The van der Waals surface area contributed by atoms with Crippen molar-refractivity contribution in [3.63, 3.8) is 0 Å². The second-order valence-corrected chi connectivity index (χ2v) is 10.0. The van der Waals surface area contributed by atoms with Gasteiger partial charge in [0.1, 0.15) is 5.75 Å². The number of aryl methyl sites for hydroxylation is 3. The zero-order valence-corrected chi connectivity index (χ0v) is 19.9. The number of amides is 1. The van der Waals surface area contributed by atoms with Crippen molar-refractivity contribution in [2.45, 2.75) is 45.4 Å². The molecule has 0 fully saturated rings. The van der Waals surface area contributed by atoms with Gasteiger partial charge in [-0.05, 0) is 73.2 Å². The van der Waals surface area contributed by atoms with E-state index in [0.29, 0.717) is 17.0 Å². The number of hydrogen-bond acceptors (Lipinski definition) is 4. The lowest BCUT2D eigenvalue weighted by molar-refractivity contribution is -0.119. The Labute approximate surface area is 190 Å². The van der Waals surface area contributed by atoms with E-state index in [-0.39, 0.29) is 10.8 Å². The molecule has 32 heavy (non-hydrogen) atoms. The molecular formula is C26H29NO4S. The topological polar surface area (TPSA) is 63.7 Å². The van der Waals surface area contributed by atoms with Crippen LogP contribution in [-0.2, 0) is 14.8 Å².